The molecule has 1 amide bonds. The van der Waals surface area contributed by atoms with Gasteiger partial charge in [-0.1, -0.05) is 24.3 Å². The van der Waals surface area contributed by atoms with E-state index in [1.807, 2.05) is 18.2 Å². The van der Waals surface area contributed by atoms with Crippen molar-refractivity contribution >= 4 is 40.0 Å². The third kappa shape index (κ3) is 3.20. The average Bonchev–Trinajstić information content (AvgIpc) is 2.39. The Balaban J connectivity index is 2.30. The Morgan fingerprint density at radius 2 is 1.53 bits per heavy atom. The van der Waals surface area contributed by atoms with Crippen molar-refractivity contribution in [2.75, 3.05) is 5.32 Å². The number of hydrogen-bond acceptors (Lipinski definition) is 2. The summed E-state index contributed by atoms with van der Waals surface area (Å²) in [6.07, 6.45) is 0. The van der Waals surface area contributed by atoms with E-state index in [9.17, 15) is 9.59 Å². The van der Waals surface area contributed by atoms with Gasteiger partial charge in [-0.25, -0.2) is 0 Å². The lowest BCUT2D eigenvalue weighted by atomic mass is 10.1. The van der Waals surface area contributed by atoms with Crippen LogP contribution < -0.4 is 5.32 Å². The topological polar surface area (TPSA) is 46.2 Å². The molecule has 0 aromatic heterocycles. The van der Waals surface area contributed by atoms with Crippen molar-refractivity contribution < 1.29 is 9.59 Å². The first-order valence-electron chi connectivity index (χ1n) is 5.75. The summed E-state index contributed by atoms with van der Waals surface area (Å²) in [7, 11) is 0. The van der Waals surface area contributed by atoms with Gasteiger partial charge in [0.15, 0.2) is 5.78 Å². The van der Waals surface area contributed by atoms with E-state index in [0.29, 0.717) is 16.8 Å². The maximum atomic E-state index is 12.2. The average molecular weight is 365 g/mol. The number of halogens is 1. The van der Waals surface area contributed by atoms with E-state index in [4.69, 9.17) is 0 Å². The van der Waals surface area contributed by atoms with Crippen molar-refractivity contribution in [1.29, 1.82) is 0 Å². The molecule has 0 fully saturated rings. The quantitative estimate of drug-likeness (QED) is 0.665. The Bertz CT molecular complexity index is 638. The summed E-state index contributed by atoms with van der Waals surface area (Å²) >= 11 is 2.11. The van der Waals surface area contributed by atoms with Gasteiger partial charge in [0.25, 0.3) is 5.91 Å². The Kier molecular flexibility index (Phi) is 4.31. The van der Waals surface area contributed by atoms with E-state index in [2.05, 4.69) is 27.9 Å². The second kappa shape index (κ2) is 5.97. The number of carbonyl (C=O) groups excluding carboxylic acids is 2. The molecule has 0 bridgehead atoms. The Morgan fingerprint density at radius 3 is 2.16 bits per heavy atom. The number of ketones is 1. The molecule has 3 nitrogen and oxygen atoms in total. The van der Waals surface area contributed by atoms with E-state index < -0.39 is 0 Å². The fraction of sp³-hybridized carbons (Fsp3) is 0.0667. The summed E-state index contributed by atoms with van der Waals surface area (Å²) in [5, 5.41) is 2.78. The molecule has 0 aliphatic rings. The summed E-state index contributed by atoms with van der Waals surface area (Å²) in [6.45, 7) is 1.48. The number of nitrogens with one attached hydrogen (secondary N) is 1. The zero-order valence-electron chi connectivity index (χ0n) is 10.3. The minimum absolute atomic E-state index is 0.0707. The van der Waals surface area contributed by atoms with Gasteiger partial charge in [-0.15, -0.1) is 0 Å². The molecule has 0 heterocycles. The molecule has 0 aliphatic heterocycles. The molecule has 2 rings (SSSR count). The standard InChI is InChI=1S/C15H12INO2/c1-10(18)11-6-3-5-9-14(11)17-15(19)12-7-2-4-8-13(12)16/h2-9H,1H3,(H,17,19). The predicted molar refractivity (Wildman–Crippen MR) is 83.6 cm³/mol. The van der Waals surface area contributed by atoms with Crippen LogP contribution in [0.4, 0.5) is 5.69 Å². The minimum Gasteiger partial charge on any atom is -0.321 e. The van der Waals surface area contributed by atoms with Crippen molar-refractivity contribution in [1.82, 2.24) is 0 Å². The lowest BCUT2D eigenvalue weighted by Gasteiger charge is -2.09. The van der Waals surface area contributed by atoms with Gasteiger partial charge in [-0.2, -0.15) is 0 Å². The molecule has 96 valence electrons. The van der Waals surface area contributed by atoms with Gasteiger partial charge < -0.3 is 5.32 Å². The fourth-order valence-corrected chi connectivity index (χ4v) is 2.37. The van der Waals surface area contributed by atoms with Crippen LogP contribution in [0, 0.1) is 3.57 Å². The molecule has 0 aliphatic carbocycles. The molecule has 0 radical (unpaired) electrons. The highest BCUT2D eigenvalue weighted by atomic mass is 127. The van der Waals surface area contributed by atoms with Gasteiger partial charge >= 0.3 is 0 Å². The third-order valence-corrected chi connectivity index (χ3v) is 3.61. The van der Waals surface area contributed by atoms with Crippen molar-refractivity contribution in [3.63, 3.8) is 0 Å². The zero-order valence-corrected chi connectivity index (χ0v) is 12.5. The van der Waals surface area contributed by atoms with Crippen molar-refractivity contribution in [3.05, 3.63) is 63.2 Å². The Hall–Kier alpha value is -1.69. The highest BCUT2D eigenvalue weighted by Gasteiger charge is 2.12. The van der Waals surface area contributed by atoms with Crippen LogP contribution in [-0.2, 0) is 0 Å². The minimum atomic E-state index is -0.210. The van der Waals surface area contributed by atoms with Crippen LogP contribution >= 0.6 is 22.6 Å². The maximum absolute atomic E-state index is 12.2. The van der Waals surface area contributed by atoms with Gasteiger partial charge in [0.2, 0.25) is 0 Å². The first-order chi connectivity index (χ1) is 9.09. The molecule has 1 N–H and O–H groups in total. The number of amides is 1. The van der Waals surface area contributed by atoms with Crippen LogP contribution in [0.2, 0.25) is 0 Å². The van der Waals surface area contributed by atoms with E-state index in [1.165, 1.54) is 6.92 Å². The molecule has 19 heavy (non-hydrogen) atoms. The fourth-order valence-electron chi connectivity index (χ4n) is 1.73. The first kappa shape index (κ1) is 13.7. The Labute approximate surface area is 125 Å². The van der Waals surface area contributed by atoms with Gasteiger partial charge in [0.1, 0.15) is 0 Å². The smallest absolute Gasteiger partial charge is 0.256 e. The number of rotatable bonds is 3. The van der Waals surface area contributed by atoms with Crippen LogP contribution in [0.15, 0.2) is 48.5 Å². The Morgan fingerprint density at radius 1 is 0.947 bits per heavy atom. The molecule has 0 atom stereocenters. The van der Waals surface area contributed by atoms with Crippen LogP contribution in [-0.4, -0.2) is 11.7 Å². The second-order valence-electron chi connectivity index (χ2n) is 4.04. The second-order valence-corrected chi connectivity index (χ2v) is 5.20. The number of carbonyl (C=O) groups is 2. The summed E-state index contributed by atoms with van der Waals surface area (Å²) in [6, 6.07) is 14.3. The number of benzene rings is 2. The highest BCUT2D eigenvalue weighted by Crippen LogP contribution is 2.18. The number of Topliss-reactive ketones (excluding diaryl/α,β-unsaturated/α-hetero) is 1. The van der Waals surface area contributed by atoms with Crippen LogP contribution in [0.25, 0.3) is 0 Å². The van der Waals surface area contributed by atoms with Gasteiger partial charge in [0, 0.05) is 9.13 Å². The molecule has 0 unspecified atom stereocenters. The van der Waals surface area contributed by atoms with Crippen molar-refractivity contribution in [2.45, 2.75) is 6.92 Å². The van der Waals surface area contributed by atoms with Crippen molar-refractivity contribution in [3.8, 4) is 0 Å². The van der Waals surface area contributed by atoms with Gasteiger partial charge in [-0.05, 0) is 53.8 Å². The summed E-state index contributed by atoms with van der Waals surface area (Å²) in [4.78, 5) is 23.7. The normalized spacial score (nSPS) is 10.0. The monoisotopic (exact) mass is 365 g/mol. The van der Waals surface area contributed by atoms with Gasteiger partial charge in [-0.3, -0.25) is 9.59 Å². The summed E-state index contributed by atoms with van der Waals surface area (Å²) in [5.74, 6) is -0.280. The third-order valence-electron chi connectivity index (χ3n) is 2.67. The van der Waals surface area contributed by atoms with E-state index in [1.54, 1.807) is 30.3 Å². The first-order valence-corrected chi connectivity index (χ1v) is 6.83. The van der Waals surface area contributed by atoms with E-state index >= 15 is 0 Å². The molecular formula is C15H12INO2. The largest absolute Gasteiger partial charge is 0.321 e. The number of hydrogen-bond donors (Lipinski definition) is 1. The highest BCUT2D eigenvalue weighted by molar-refractivity contribution is 14.1. The molecule has 0 saturated carbocycles. The van der Waals surface area contributed by atoms with Crippen molar-refractivity contribution in [2.24, 2.45) is 0 Å². The number of anilines is 1. The molecule has 4 heteroatoms. The molecule has 2 aromatic rings. The maximum Gasteiger partial charge on any atom is 0.256 e. The van der Waals surface area contributed by atoms with Crippen LogP contribution in [0.1, 0.15) is 27.6 Å². The lowest BCUT2D eigenvalue weighted by Crippen LogP contribution is -2.15. The SMILES string of the molecule is CC(=O)c1ccccc1NC(=O)c1ccccc1I. The summed E-state index contributed by atoms with van der Waals surface area (Å²) < 4.78 is 0.873. The molecule has 0 saturated heterocycles. The summed E-state index contributed by atoms with van der Waals surface area (Å²) in [5.41, 5.74) is 1.66. The van der Waals surface area contributed by atoms with Gasteiger partial charge in [0.05, 0.1) is 11.3 Å². The zero-order chi connectivity index (χ0) is 13.8. The molecular weight excluding hydrogens is 353 g/mol. The predicted octanol–water partition coefficient (Wildman–Crippen LogP) is 3.75. The van der Waals surface area contributed by atoms with Crippen LogP contribution in [0.3, 0.4) is 0 Å². The van der Waals surface area contributed by atoms with E-state index in [-0.39, 0.29) is 11.7 Å². The lowest BCUT2D eigenvalue weighted by molar-refractivity contribution is 0.101. The molecule has 2 aromatic carbocycles. The number of para-hydroxylation sites is 1. The van der Waals surface area contributed by atoms with E-state index in [0.717, 1.165) is 3.57 Å². The molecule has 0 spiro atoms. The van der Waals surface area contributed by atoms with Crippen LogP contribution in [0.5, 0.6) is 0 Å².